The van der Waals surface area contributed by atoms with Gasteiger partial charge in [0, 0.05) is 18.0 Å². The van der Waals surface area contributed by atoms with Gasteiger partial charge in [0.25, 0.3) is 5.56 Å². The molecular formula is C21H22ClN3O3. The van der Waals surface area contributed by atoms with Crippen LogP contribution in [0.2, 0.25) is 5.02 Å². The van der Waals surface area contributed by atoms with Gasteiger partial charge in [-0.15, -0.1) is 0 Å². The second kappa shape index (κ2) is 8.44. The van der Waals surface area contributed by atoms with Crippen LogP contribution < -0.4 is 16.6 Å². The fourth-order valence-electron chi connectivity index (χ4n) is 3.23. The van der Waals surface area contributed by atoms with E-state index in [0.29, 0.717) is 15.9 Å². The standard InChI is InChI=1S/C21H22ClN3O3/c1-13(2)19(14-7-9-15(22)10-8-14)23-18(26)11-12-25-17-6-4-3-5-16(17)20(27)24-21(25)28/h3-10,13,19H,11-12H2,1-2H3,(H,23,26)(H,24,27,28)/t19-/m1/s1. The normalized spacial score (nSPS) is 12.3. The lowest BCUT2D eigenvalue weighted by atomic mass is 9.96. The van der Waals surface area contributed by atoms with Gasteiger partial charge >= 0.3 is 5.69 Å². The zero-order valence-electron chi connectivity index (χ0n) is 15.7. The summed E-state index contributed by atoms with van der Waals surface area (Å²) >= 11 is 5.95. The average Bonchev–Trinajstić information content (AvgIpc) is 2.66. The van der Waals surface area contributed by atoms with Crippen LogP contribution >= 0.6 is 11.6 Å². The summed E-state index contributed by atoms with van der Waals surface area (Å²) < 4.78 is 1.42. The predicted molar refractivity (Wildman–Crippen MR) is 111 cm³/mol. The zero-order valence-corrected chi connectivity index (χ0v) is 16.5. The summed E-state index contributed by atoms with van der Waals surface area (Å²) in [5, 5.41) is 4.09. The number of fused-ring (bicyclic) bond motifs is 1. The van der Waals surface area contributed by atoms with E-state index in [0.717, 1.165) is 5.56 Å². The number of aromatic amines is 1. The van der Waals surface area contributed by atoms with Gasteiger partial charge in [0.05, 0.1) is 16.9 Å². The fourth-order valence-corrected chi connectivity index (χ4v) is 3.35. The molecule has 0 saturated heterocycles. The highest BCUT2D eigenvalue weighted by Gasteiger charge is 2.18. The number of benzene rings is 2. The molecule has 0 saturated carbocycles. The molecule has 2 N–H and O–H groups in total. The van der Waals surface area contributed by atoms with Gasteiger partial charge in [-0.3, -0.25) is 19.1 Å². The lowest BCUT2D eigenvalue weighted by Crippen LogP contribution is -2.35. The molecule has 28 heavy (non-hydrogen) atoms. The predicted octanol–water partition coefficient (Wildman–Crippen LogP) is 3.25. The topological polar surface area (TPSA) is 84.0 Å². The molecule has 1 aromatic heterocycles. The van der Waals surface area contributed by atoms with Gasteiger partial charge in [-0.25, -0.2) is 4.79 Å². The van der Waals surface area contributed by atoms with Crippen molar-refractivity contribution in [2.24, 2.45) is 5.92 Å². The molecule has 3 aromatic rings. The Bertz CT molecular complexity index is 1100. The Morgan fingerprint density at radius 2 is 1.79 bits per heavy atom. The lowest BCUT2D eigenvalue weighted by Gasteiger charge is -2.23. The Morgan fingerprint density at radius 3 is 2.46 bits per heavy atom. The molecule has 1 heterocycles. The quantitative estimate of drug-likeness (QED) is 0.667. The number of carbonyl (C=O) groups excluding carboxylic acids is 1. The third-order valence-corrected chi connectivity index (χ3v) is 4.93. The van der Waals surface area contributed by atoms with Crippen LogP contribution in [0.1, 0.15) is 31.9 Å². The molecule has 0 aliphatic heterocycles. The molecule has 0 aliphatic rings. The minimum absolute atomic E-state index is 0.118. The van der Waals surface area contributed by atoms with Gasteiger partial charge in [0.2, 0.25) is 5.91 Å². The first-order valence-corrected chi connectivity index (χ1v) is 9.51. The number of amides is 1. The molecule has 7 heteroatoms. The molecule has 0 aliphatic carbocycles. The Kier molecular flexibility index (Phi) is 5.99. The van der Waals surface area contributed by atoms with E-state index in [1.807, 2.05) is 26.0 Å². The first-order chi connectivity index (χ1) is 13.4. The van der Waals surface area contributed by atoms with Crippen LogP contribution in [0.5, 0.6) is 0 Å². The second-order valence-corrected chi connectivity index (χ2v) is 7.46. The van der Waals surface area contributed by atoms with Crippen molar-refractivity contribution in [1.29, 1.82) is 0 Å². The molecule has 1 atom stereocenters. The van der Waals surface area contributed by atoms with Crippen molar-refractivity contribution < 1.29 is 4.79 Å². The molecular weight excluding hydrogens is 378 g/mol. The fraction of sp³-hybridized carbons (Fsp3) is 0.286. The molecule has 0 radical (unpaired) electrons. The summed E-state index contributed by atoms with van der Waals surface area (Å²) in [5.74, 6) is 0.0117. The number of aromatic nitrogens is 2. The zero-order chi connectivity index (χ0) is 20.3. The molecule has 0 bridgehead atoms. The monoisotopic (exact) mass is 399 g/mol. The van der Waals surface area contributed by atoms with E-state index in [1.165, 1.54) is 4.57 Å². The van der Waals surface area contributed by atoms with E-state index >= 15 is 0 Å². The molecule has 0 fully saturated rings. The SMILES string of the molecule is CC(C)[C@@H](NC(=O)CCn1c(=O)[nH]c(=O)c2ccccc21)c1ccc(Cl)cc1. The first-order valence-electron chi connectivity index (χ1n) is 9.13. The van der Waals surface area contributed by atoms with Crippen molar-refractivity contribution in [3.05, 3.63) is 80.0 Å². The van der Waals surface area contributed by atoms with E-state index < -0.39 is 11.2 Å². The van der Waals surface area contributed by atoms with E-state index in [-0.39, 0.29) is 30.8 Å². The lowest BCUT2D eigenvalue weighted by molar-refractivity contribution is -0.122. The molecule has 146 valence electrons. The van der Waals surface area contributed by atoms with Gasteiger partial charge < -0.3 is 5.32 Å². The summed E-state index contributed by atoms with van der Waals surface area (Å²) in [7, 11) is 0. The van der Waals surface area contributed by atoms with Gasteiger partial charge in [-0.05, 0) is 35.7 Å². The first kappa shape index (κ1) is 19.9. The van der Waals surface area contributed by atoms with Crippen molar-refractivity contribution >= 4 is 28.4 Å². The van der Waals surface area contributed by atoms with Crippen LogP contribution in [0.4, 0.5) is 0 Å². The van der Waals surface area contributed by atoms with Crippen molar-refractivity contribution in [3.8, 4) is 0 Å². The molecule has 3 rings (SSSR count). The van der Waals surface area contributed by atoms with E-state index in [2.05, 4.69) is 10.3 Å². The van der Waals surface area contributed by atoms with Crippen molar-refractivity contribution in [2.75, 3.05) is 0 Å². The molecule has 6 nitrogen and oxygen atoms in total. The third-order valence-electron chi connectivity index (χ3n) is 4.68. The van der Waals surface area contributed by atoms with Gasteiger partial charge in [-0.2, -0.15) is 0 Å². The van der Waals surface area contributed by atoms with Crippen LogP contribution in [0.3, 0.4) is 0 Å². The van der Waals surface area contributed by atoms with E-state index in [9.17, 15) is 14.4 Å². The minimum Gasteiger partial charge on any atom is -0.349 e. The number of halogens is 1. The Hall–Kier alpha value is -2.86. The van der Waals surface area contributed by atoms with Crippen molar-refractivity contribution in [1.82, 2.24) is 14.9 Å². The number of nitrogens with one attached hydrogen (secondary N) is 2. The maximum absolute atomic E-state index is 12.6. The minimum atomic E-state index is -0.519. The number of hydrogen-bond donors (Lipinski definition) is 2. The Balaban J connectivity index is 1.77. The van der Waals surface area contributed by atoms with Crippen molar-refractivity contribution in [2.45, 2.75) is 32.9 Å². The highest BCUT2D eigenvalue weighted by Crippen LogP contribution is 2.23. The summed E-state index contributed by atoms with van der Waals surface area (Å²) in [6, 6.07) is 14.1. The Morgan fingerprint density at radius 1 is 1.11 bits per heavy atom. The summed E-state index contributed by atoms with van der Waals surface area (Å²) in [4.78, 5) is 39.0. The Labute approximate surface area is 167 Å². The number of rotatable bonds is 6. The average molecular weight is 400 g/mol. The maximum atomic E-state index is 12.6. The largest absolute Gasteiger partial charge is 0.349 e. The van der Waals surface area contributed by atoms with Crippen LogP contribution in [0, 0.1) is 5.92 Å². The van der Waals surface area contributed by atoms with Gasteiger partial charge in [-0.1, -0.05) is 49.7 Å². The third kappa shape index (κ3) is 4.34. The highest BCUT2D eigenvalue weighted by atomic mass is 35.5. The van der Waals surface area contributed by atoms with Crippen LogP contribution in [0.25, 0.3) is 10.9 Å². The number of H-pyrrole nitrogens is 1. The molecule has 0 unspecified atom stereocenters. The van der Waals surface area contributed by atoms with E-state index in [1.54, 1.807) is 36.4 Å². The number of hydrogen-bond acceptors (Lipinski definition) is 3. The van der Waals surface area contributed by atoms with Crippen LogP contribution in [0.15, 0.2) is 58.1 Å². The van der Waals surface area contributed by atoms with Gasteiger partial charge in [0.1, 0.15) is 0 Å². The number of aryl methyl sites for hydroxylation is 1. The molecule has 1 amide bonds. The summed E-state index contributed by atoms with van der Waals surface area (Å²) in [6.45, 7) is 4.23. The molecule has 2 aromatic carbocycles. The van der Waals surface area contributed by atoms with Crippen molar-refractivity contribution in [3.63, 3.8) is 0 Å². The van der Waals surface area contributed by atoms with Crippen LogP contribution in [-0.4, -0.2) is 15.5 Å². The molecule has 0 spiro atoms. The second-order valence-electron chi connectivity index (χ2n) is 7.02. The van der Waals surface area contributed by atoms with Crippen LogP contribution in [-0.2, 0) is 11.3 Å². The summed E-state index contributed by atoms with van der Waals surface area (Å²) in [6.07, 6.45) is 0.118. The highest BCUT2D eigenvalue weighted by molar-refractivity contribution is 6.30. The number of carbonyl (C=O) groups is 1. The number of para-hydroxylation sites is 1. The summed E-state index contributed by atoms with van der Waals surface area (Å²) in [5.41, 5.74) is 0.542. The number of nitrogens with zero attached hydrogens (tertiary/aromatic N) is 1. The smallest absolute Gasteiger partial charge is 0.328 e. The van der Waals surface area contributed by atoms with Gasteiger partial charge in [0.15, 0.2) is 0 Å². The van der Waals surface area contributed by atoms with E-state index in [4.69, 9.17) is 11.6 Å². The maximum Gasteiger partial charge on any atom is 0.328 e.